The van der Waals surface area contributed by atoms with Crippen molar-refractivity contribution in [2.45, 2.75) is 6.54 Å². The van der Waals surface area contributed by atoms with Gasteiger partial charge in [-0.3, -0.25) is 19.1 Å². The second-order valence-corrected chi connectivity index (χ2v) is 6.88. The number of halogens is 1. The number of nitrogens with one attached hydrogen (secondary N) is 2. The molecule has 1 unspecified atom stereocenters. The molecular weight excluding hydrogens is 370 g/mol. The minimum absolute atomic E-state index is 0.0620. The Kier molecular flexibility index (Phi) is 6.59. The van der Waals surface area contributed by atoms with Crippen LogP contribution in [0.1, 0.15) is 5.56 Å². The zero-order valence-corrected chi connectivity index (χ0v) is 16.0. The molecule has 0 fully saturated rings. The number of nitrogens with zero attached hydrogens (tertiary/aromatic N) is 2. The minimum atomic E-state index is -0.711. The Hall–Kier alpha value is -2.84. The van der Waals surface area contributed by atoms with Crippen LogP contribution in [0.3, 0.4) is 0 Å². The highest BCUT2D eigenvalue weighted by molar-refractivity contribution is 6.29. The number of likely N-dealkylation sites (N-methyl/N-ethyl adjacent to an activating group) is 2. The number of carbonyl (C=O) groups excluding carboxylic acids is 1. The lowest BCUT2D eigenvalue weighted by molar-refractivity contribution is -0.865. The average Bonchev–Trinajstić information content (AvgIpc) is 2.58. The van der Waals surface area contributed by atoms with Crippen molar-refractivity contribution >= 4 is 29.0 Å². The number of aromatic nitrogens is 2. The SMILES string of the molecule is C=C(Cl)C[NH+](C)CC(=O)N(C)c1c(N)n(Cc2ccccc2)c(=O)[nH]c1=O. The third-order valence-corrected chi connectivity index (χ3v) is 4.19. The first-order valence-electron chi connectivity index (χ1n) is 8.28. The quantitative estimate of drug-likeness (QED) is 0.585. The number of amides is 1. The summed E-state index contributed by atoms with van der Waals surface area (Å²) in [6.45, 7) is 4.26. The number of rotatable bonds is 7. The number of nitrogen functional groups attached to an aromatic ring is 1. The molecule has 9 heteroatoms. The maximum absolute atomic E-state index is 12.5. The summed E-state index contributed by atoms with van der Waals surface area (Å²) in [4.78, 5) is 41.2. The van der Waals surface area contributed by atoms with Gasteiger partial charge in [0, 0.05) is 7.05 Å². The van der Waals surface area contributed by atoms with Gasteiger partial charge in [0.05, 0.1) is 18.6 Å². The Balaban J connectivity index is 2.34. The van der Waals surface area contributed by atoms with Crippen LogP contribution in [-0.2, 0) is 11.3 Å². The normalized spacial score (nSPS) is 11.8. The van der Waals surface area contributed by atoms with Crippen molar-refractivity contribution in [1.29, 1.82) is 0 Å². The maximum Gasteiger partial charge on any atom is 0.330 e. The third-order valence-electron chi connectivity index (χ3n) is 4.05. The molecule has 1 atom stereocenters. The van der Waals surface area contributed by atoms with Crippen LogP contribution in [0.5, 0.6) is 0 Å². The molecule has 2 aromatic rings. The highest BCUT2D eigenvalue weighted by Gasteiger charge is 2.23. The summed E-state index contributed by atoms with van der Waals surface area (Å²) >= 11 is 5.77. The number of nitrogens with two attached hydrogens (primary N) is 1. The van der Waals surface area contributed by atoms with Crippen LogP contribution in [0.4, 0.5) is 11.5 Å². The first-order chi connectivity index (χ1) is 12.7. The number of carbonyl (C=O) groups is 1. The van der Waals surface area contributed by atoms with Crippen molar-refractivity contribution in [3.63, 3.8) is 0 Å². The zero-order valence-electron chi connectivity index (χ0n) is 15.3. The molecule has 2 rings (SSSR count). The zero-order chi connectivity index (χ0) is 20.1. The molecule has 0 bridgehead atoms. The molecule has 0 saturated heterocycles. The van der Waals surface area contributed by atoms with E-state index in [1.165, 1.54) is 11.6 Å². The molecule has 0 radical (unpaired) electrons. The second kappa shape index (κ2) is 8.70. The van der Waals surface area contributed by atoms with Crippen LogP contribution in [0, 0.1) is 0 Å². The van der Waals surface area contributed by atoms with Gasteiger partial charge in [0.15, 0.2) is 12.2 Å². The summed E-state index contributed by atoms with van der Waals surface area (Å²) in [6, 6.07) is 9.20. The summed E-state index contributed by atoms with van der Waals surface area (Å²) in [6.07, 6.45) is 0. The topological polar surface area (TPSA) is 106 Å². The number of hydrogen-bond acceptors (Lipinski definition) is 4. The van der Waals surface area contributed by atoms with Gasteiger partial charge < -0.3 is 15.5 Å². The van der Waals surface area contributed by atoms with Gasteiger partial charge in [-0.2, -0.15) is 0 Å². The maximum atomic E-state index is 12.5. The highest BCUT2D eigenvalue weighted by Crippen LogP contribution is 2.16. The molecule has 1 heterocycles. The second-order valence-electron chi connectivity index (χ2n) is 6.35. The Labute approximate surface area is 161 Å². The van der Waals surface area contributed by atoms with E-state index in [0.29, 0.717) is 11.6 Å². The van der Waals surface area contributed by atoms with E-state index in [9.17, 15) is 14.4 Å². The molecular formula is C18H23ClN5O3+. The van der Waals surface area contributed by atoms with E-state index in [2.05, 4.69) is 11.6 Å². The lowest BCUT2D eigenvalue weighted by atomic mass is 10.2. The fourth-order valence-corrected chi connectivity index (χ4v) is 2.94. The van der Waals surface area contributed by atoms with E-state index in [1.54, 1.807) is 7.05 Å². The van der Waals surface area contributed by atoms with E-state index in [0.717, 1.165) is 15.4 Å². The number of aromatic amines is 1. The highest BCUT2D eigenvalue weighted by atomic mass is 35.5. The van der Waals surface area contributed by atoms with Crippen LogP contribution >= 0.6 is 11.6 Å². The summed E-state index contributed by atoms with van der Waals surface area (Å²) in [5.74, 6) is -0.407. The van der Waals surface area contributed by atoms with E-state index in [-0.39, 0.29) is 30.5 Å². The van der Waals surface area contributed by atoms with Gasteiger partial charge in [-0.15, -0.1) is 0 Å². The van der Waals surface area contributed by atoms with Crippen molar-refractivity contribution in [2.24, 2.45) is 0 Å². The lowest BCUT2D eigenvalue weighted by Gasteiger charge is -2.22. The Morgan fingerprint density at radius 1 is 1.30 bits per heavy atom. The molecule has 0 spiro atoms. The number of hydrogen-bond donors (Lipinski definition) is 3. The van der Waals surface area contributed by atoms with Gasteiger partial charge in [0.2, 0.25) is 0 Å². The Morgan fingerprint density at radius 2 is 1.93 bits per heavy atom. The third kappa shape index (κ3) is 5.08. The molecule has 1 aromatic heterocycles. The predicted octanol–water partition coefficient (Wildman–Crippen LogP) is -0.603. The molecule has 4 N–H and O–H groups in total. The molecule has 8 nitrogen and oxygen atoms in total. The Morgan fingerprint density at radius 3 is 2.52 bits per heavy atom. The van der Waals surface area contributed by atoms with E-state index in [1.807, 2.05) is 30.3 Å². The van der Waals surface area contributed by atoms with Crippen molar-refractivity contribution in [3.8, 4) is 0 Å². The van der Waals surface area contributed by atoms with Crippen LogP contribution in [0.15, 0.2) is 51.5 Å². The van der Waals surface area contributed by atoms with E-state index < -0.39 is 11.2 Å². The molecule has 144 valence electrons. The van der Waals surface area contributed by atoms with Crippen LogP contribution < -0.4 is 26.8 Å². The van der Waals surface area contributed by atoms with Crippen LogP contribution in [0.2, 0.25) is 0 Å². The monoisotopic (exact) mass is 392 g/mol. The van der Waals surface area contributed by atoms with Crippen molar-refractivity contribution in [3.05, 3.63) is 68.3 Å². The number of anilines is 2. The van der Waals surface area contributed by atoms with Crippen molar-refractivity contribution < 1.29 is 9.69 Å². The number of benzene rings is 1. The fourth-order valence-electron chi connectivity index (χ4n) is 2.72. The van der Waals surface area contributed by atoms with Gasteiger partial charge in [0.1, 0.15) is 12.4 Å². The fraction of sp³-hybridized carbons (Fsp3) is 0.278. The molecule has 0 aliphatic heterocycles. The van der Waals surface area contributed by atoms with E-state index >= 15 is 0 Å². The minimum Gasteiger partial charge on any atom is -0.383 e. The summed E-state index contributed by atoms with van der Waals surface area (Å²) in [7, 11) is 3.23. The summed E-state index contributed by atoms with van der Waals surface area (Å²) in [5, 5.41) is 0.428. The largest absolute Gasteiger partial charge is 0.383 e. The van der Waals surface area contributed by atoms with Crippen LogP contribution in [-0.4, -0.2) is 42.6 Å². The molecule has 0 saturated carbocycles. The predicted molar refractivity (Wildman–Crippen MR) is 106 cm³/mol. The lowest BCUT2D eigenvalue weighted by Crippen LogP contribution is -3.10. The molecule has 27 heavy (non-hydrogen) atoms. The van der Waals surface area contributed by atoms with Gasteiger partial charge in [-0.1, -0.05) is 48.5 Å². The van der Waals surface area contributed by atoms with E-state index in [4.69, 9.17) is 17.3 Å². The van der Waals surface area contributed by atoms with Gasteiger partial charge in [-0.25, -0.2) is 4.79 Å². The molecule has 1 aromatic carbocycles. The Bertz CT molecular complexity index is 952. The van der Waals surface area contributed by atoms with Crippen molar-refractivity contribution in [1.82, 2.24) is 9.55 Å². The first kappa shape index (κ1) is 20.5. The number of quaternary nitrogens is 1. The van der Waals surface area contributed by atoms with Gasteiger partial charge >= 0.3 is 5.69 Å². The van der Waals surface area contributed by atoms with Crippen molar-refractivity contribution in [2.75, 3.05) is 37.8 Å². The summed E-state index contributed by atoms with van der Waals surface area (Å²) < 4.78 is 1.23. The smallest absolute Gasteiger partial charge is 0.330 e. The van der Waals surface area contributed by atoms with Crippen LogP contribution in [0.25, 0.3) is 0 Å². The molecule has 1 amide bonds. The standard InChI is InChI=1S/C18H22ClN5O3/c1-12(19)9-22(2)11-14(25)23(3)15-16(20)24(18(27)21-17(15)26)10-13-7-5-4-6-8-13/h4-8H,1,9-11,20H2,2-3H3,(H,21,26,27)/p+1. The first-order valence-corrected chi connectivity index (χ1v) is 8.66. The molecule has 0 aliphatic rings. The average molecular weight is 393 g/mol. The molecule has 0 aliphatic carbocycles. The van der Waals surface area contributed by atoms with Gasteiger partial charge in [0.25, 0.3) is 11.5 Å². The number of H-pyrrole nitrogens is 1. The summed E-state index contributed by atoms with van der Waals surface area (Å²) in [5.41, 5.74) is 5.52. The van der Waals surface area contributed by atoms with Gasteiger partial charge in [-0.05, 0) is 5.56 Å².